The lowest BCUT2D eigenvalue weighted by molar-refractivity contribution is 0.349. The van der Waals surface area contributed by atoms with E-state index in [4.69, 9.17) is 5.11 Å². The number of benzene rings is 1. The van der Waals surface area contributed by atoms with Gasteiger partial charge in [0.15, 0.2) is 0 Å². The number of hydrogen-bond acceptors (Lipinski definition) is 2. The first-order valence-corrected chi connectivity index (χ1v) is 8.48. The lowest BCUT2D eigenvalue weighted by atomic mass is 9.88. The van der Waals surface area contributed by atoms with E-state index in [0.717, 1.165) is 25.4 Å². The first-order valence-electron chi connectivity index (χ1n) is 8.48. The van der Waals surface area contributed by atoms with Gasteiger partial charge in [0.1, 0.15) is 5.75 Å². The minimum absolute atomic E-state index is 0.332. The summed E-state index contributed by atoms with van der Waals surface area (Å²) in [7, 11) is 0. The highest BCUT2D eigenvalue weighted by molar-refractivity contribution is 5.66. The summed E-state index contributed by atoms with van der Waals surface area (Å²) in [6.45, 7) is 4.32. The summed E-state index contributed by atoms with van der Waals surface area (Å²) in [6.07, 6.45) is 12.2. The molecular formula is C19H29NO. The molecule has 1 aliphatic heterocycles. The van der Waals surface area contributed by atoms with Crippen molar-refractivity contribution >= 4 is 5.57 Å². The third-order valence-corrected chi connectivity index (χ3v) is 4.60. The Kier molecular flexibility index (Phi) is 6.81. The standard InChI is InChI=1S/C11H13NO.C8H16/c13-11-3-1-9(2-4-11)10-5-7-12-8-6-10;1-2-8-6-4-3-5-7-8/h1-5,12-13H,6-8H2;8H,2-7H2,1H3. The normalized spacial score (nSPS) is 19.4. The molecule has 3 rings (SSSR count). The van der Waals surface area contributed by atoms with E-state index in [1.807, 2.05) is 12.1 Å². The van der Waals surface area contributed by atoms with Crippen LogP contribution >= 0.6 is 0 Å². The Morgan fingerprint density at radius 1 is 1.10 bits per heavy atom. The van der Waals surface area contributed by atoms with Crippen molar-refractivity contribution in [2.75, 3.05) is 13.1 Å². The second kappa shape index (κ2) is 8.89. The van der Waals surface area contributed by atoms with Gasteiger partial charge in [0, 0.05) is 6.54 Å². The van der Waals surface area contributed by atoms with E-state index in [2.05, 4.69) is 18.3 Å². The van der Waals surface area contributed by atoms with Crippen molar-refractivity contribution in [2.24, 2.45) is 5.92 Å². The second-order valence-corrected chi connectivity index (χ2v) is 6.14. The van der Waals surface area contributed by atoms with E-state index in [1.165, 1.54) is 49.7 Å². The topological polar surface area (TPSA) is 32.3 Å². The van der Waals surface area contributed by atoms with Gasteiger partial charge in [-0.2, -0.15) is 0 Å². The fourth-order valence-corrected chi connectivity index (χ4v) is 3.16. The minimum atomic E-state index is 0.332. The van der Waals surface area contributed by atoms with Gasteiger partial charge in [-0.15, -0.1) is 0 Å². The molecule has 0 unspecified atom stereocenters. The molecule has 1 aromatic carbocycles. The Bertz CT molecular complexity index is 429. The van der Waals surface area contributed by atoms with Gasteiger partial charge in [-0.3, -0.25) is 0 Å². The van der Waals surface area contributed by atoms with Crippen molar-refractivity contribution in [3.05, 3.63) is 35.9 Å². The molecule has 1 fully saturated rings. The SMILES string of the molecule is CCC1CCCCC1.Oc1ccc(C2=CCNCC2)cc1. The summed E-state index contributed by atoms with van der Waals surface area (Å²) in [5.74, 6) is 1.42. The molecule has 0 radical (unpaired) electrons. The zero-order chi connectivity index (χ0) is 14.9. The molecule has 116 valence electrons. The van der Waals surface area contributed by atoms with Crippen LogP contribution in [0.2, 0.25) is 0 Å². The van der Waals surface area contributed by atoms with Crippen molar-refractivity contribution in [3.63, 3.8) is 0 Å². The third kappa shape index (κ3) is 5.55. The summed E-state index contributed by atoms with van der Waals surface area (Å²) < 4.78 is 0. The maximum Gasteiger partial charge on any atom is 0.115 e. The average molecular weight is 287 g/mol. The highest BCUT2D eigenvalue weighted by Gasteiger charge is 2.09. The number of nitrogens with one attached hydrogen (secondary N) is 1. The zero-order valence-electron chi connectivity index (χ0n) is 13.3. The third-order valence-electron chi connectivity index (χ3n) is 4.60. The van der Waals surface area contributed by atoms with Crippen LogP contribution in [0.3, 0.4) is 0 Å². The Balaban J connectivity index is 0.000000173. The number of phenols is 1. The molecule has 0 amide bonds. The summed E-state index contributed by atoms with van der Waals surface area (Å²) in [6, 6.07) is 7.40. The van der Waals surface area contributed by atoms with E-state index in [0.29, 0.717) is 5.75 Å². The lowest BCUT2D eigenvalue weighted by Gasteiger charge is -2.18. The van der Waals surface area contributed by atoms with Crippen LogP contribution in [0.25, 0.3) is 5.57 Å². The van der Waals surface area contributed by atoms with Crippen LogP contribution in [0.5, 0.6) is 5.75 Å². The Hall–Kier alpha value is -1.28. The van der Waals surface area contributed by atoms with Gasteiger partial charge < -0.3 is 10.4 Å². The predicted molar refractivity (Wildman–Crippen MR) is 90.4 cm³/mol. The smallest absolute Gasteiger partial charge is 0.115 e. The monoisotopic (exact) mass is 287 g/mol. The molecule has 21 heavy (non-hydrogen) atoms. The predicted octanol–water partition coefficient (Wildman–Crippen LogP) is 4.75. The van der Waals surface area contributed by atoms with E-state index in [9.17, 15) is 0 Å². The molecule has 1 heterocycles. The van der Waals surface area contributed by atoms with Crippen LogP contribution in [0, 0.1) is 5.92 Å². The van der Waals surface area contributed by atoms with Crippen LogP contribution in [0.4, 0.5) is 0 Å². The van der Waals surface area contributed by atoms with E-state index < -0.39 is 0 Å². The Morgan fingerprint density at radius 2 is 1.81 bits per heavy atom. The van der Waals surface area contributed by atoms with Crippen molar-refractivity contribution in [1.29, 1.82) is 0 Å². The van der Waals surface area contributed by atoms with Crippen molar-refractivity contribution in [3.8, 4) is 5.75 Å². The molecular weight excluding hydrogens is 258 g/mol. The molecule has 1 saturated carbocycles. The molecule has 2 nitrogen and oxygen atoms in total. The molecule has 2 N–H and O–H groups in total. The molecule has 1 aliphatic carbocycles. The fraction of sp³-hybridized carbons (Fsp3) is 0.579. The van der Waals surface area contributed by atoms with Crippen LogP contribution in [0.15, 0.2) is 30.3 Å². The summed E-state index contributed by atoms with van der Waals surface area (Å²) >= 11 is 0. The molecule has 2 aliphatic rings. The molecule has 1 aromatic rings. The van der Waals surface area contributed by atoms with Crippen molar-refractivity contribution in [1.82, 2.24) is 5.32 Å². The molecule has 2 heteroatoms. The summed E-state index contributed by atoms with van der Waals surface area (Å²) in [4.78, 5) is 0. The molecule has 0 saturated heterocycles. The van der Waals surface area contributed by atoms with Gasteiger partial charge in [-0.05, 0) is 42.2 Å². The molecule has 0 atom stereocenters. The van der Waals surface area contributed by atoms with Crippen molar-refractivity contribution in [2.45, 2.75) is 51.9 Å². The van der Waals surface area contributed by atoms with Gasteiger partial charge >= 0.3 is 0 Å². The van der Waals surface area contributed by atoms with Gasteiger partial charge in [0.2, 0.25) is 0 Å². The average Bonchev–Trinajstić information content (AvgIpc) is 2.58. The Morgan fingerprint density at radius 3 is 2.33 bits per heavy atom. The maximum absolute atomic E-state index is 9.12. The van der Waals surface area contributed by atoms with Crippen LogP contribution in [-0.4, -0.2) is 18.2 Å². The lowest BCUT2D eigenvalue weighted by Crippen LogP contribution is -2.19. The summed E-state index contributed by atoms with van der Waals surface area (Å²) in [5.41, 5.74) is 2.60. The largest absolute Gasteiger partial charge is 0.508 e. The van der Waals surface area contributed by atoms with Gasteiger partial charge in [-0.25, -0.2) is 0 Å². The molecule has 0 bridgehead atoms. The highest BCUT2D eigenvalue weighted by Crippen LogP contribution is 2.25. The second-order valence-electron chi connectivity index (χ2n) is 6.14. The fourth-order valence-electron chi connectivity index (χ4n) is 3.16. The minimum Gasteiger partial charge on any atom is -0.508 e. The zero-order valence-corrected chi connectivity index (χ0v) is 13.3. The molecule has 0 aromatic heterocycles. The number of hydrogen-bond donors (Lipinski definition) is 2. The van der Waals surface area contributed by atoms with E-state index in [1.54, 1.807) is 12.1 Å². The number of phenolic OH excluding ortho intramolecular Hbond substituents is 1. The number of rotatable bonds is 2. The van der Waals surface area contributed by atoms with Crippen LogP contribution in [0.1, 0.15) is 57.4 Å². The number of aromatic hydroxyl groups is 1. The van der Waals surface area contributed by atoms with Crippen molar-refractivity contribution < 1.29 is 5.11 Å². The molecule has 0 spiro atoms. The van der Waals surface area contributed by atoms with Gasteiger partial charge in [0.25, 0.3) is 0 Å². The first kappa shape index (κ1) is 16.1. The maximum atomic E-state index is 9.12. The van der Waals surface area contributed by atoms with Gasteiger partial charge in [-0.1, -0.05) is 63.7 Å². The van der Waals surface area contributed by atoms with Crippen LogP contribution in [-0.2, 0) is 0 Å². The highest BCUT2D eigenvalue weighted by atomic mass is 16.3. The van der Waals surface area contributed by atoms with Crippen LogP contribution < -0.4 is 5.32 Å². The summed E-state index contributed by atoms with van der Waals surface area (Å²) in [5, 5.41) is 12.4. The van der Waals surface area contributed by atoms with Gasteiger partial charge in [0.05, 0.1) is 0 Å². The Labute approximate surface area is 129 Å². The van der Waals surface area contributed by atoms with E-state index in [-0.39, 0.29) is 0 Å². The van der Waals surface area contributed by atoms with E-state index >= 15 is 0 Å². The quantitative estimate of drug-likeness (QED) is 0.823. The first-order chi connectivity index (χ1) is 10.3.